The summed E-state index contributed by atoms with van der Waals surface area (Å²) in [6.45, 7) is 2.01. The van der Waals surface area contributed by atoms with E-state index in [4.69, 9.17) is 5.73 Å². The second kappa shape index (κ2) is 2.73. The quantitative estimate of drug-likeness (QED) is 0.519. The summed E-state index contributed by atoms with van der Waals surface area (Å²) in [6.07, 6.45) is 4.17. The highest BCUT2D eigenvalue weighted by molar-refractivity contribution is 5.72. The molecule has 10 heavy (non-hydrogen) atoms. The maximum atomic E-state index is 10.4. The molecule has 1 aliphatic carbocycles. The van der Waals surface area contributed by atoms with Gasteiger partial charge < -0.3 is 11.1 Å². The predicted octanol–water partition coefficient (Wildman–Crippen LogP) is 0.763. The molecular formula is C7H12N2O. The number of rotatable bonds is 1. The van der Waals surface area contributed by atoms with Gasteiger partial charge in [-0.2, -0.15) is 0 Å². The monoisotopic (exact) mass is 140 g/mol. The number of allylic oxidation sites excluding steroid dienone is 1. The van der Waals surface area contributed by atoms with Crippen LogP contribution < -0.4 is 11.1 Å². The Bertz CT molecular complexity index is 174. The van der Waals surface area contributed by atoms with E-state index in [9.17, 15) is 4.79 Å². The van der Waals surface area contributed by atoms with E-state index in [0.29, 0.717) is 0 Å². The zero-order valence-electron chi connectivity index (χ0n) is 6.05. The SMILES string of the molecule is CC1=CCC[C@H]1NC(N)=O. The number of hydrogen-bond acceptors (Lipinski definition) is 1. The van der Waals surface area contributed by atoms with Gasteiger partial charge in [0.1, 0.15) is 0 Å². The molecular weight excluding hydrogens is 128 g/mol. The lowest BCUT2D eigenvalue weighted by molar-refractivity contribution is 0.246. The number of carbonyl (C=O) groups excluding carboxylic acids is 1. The van der Waals surface area contributed by atoms with Crippen molar-refractivity contribution in [1.82, 2.24) is 5.32 Å². The first-order valence-corrected chi connectivity index (χ1v) is 3.43. The van der Waals surface area contributed by atoms with E-state index in [1.807, 2.05) is 6.92 Å². The summed E-state index contributed by atoms with van der Waals surface area (Å²) in [5.74, 6) is 0. The molecule has 0 bridgehead atoms. The summed E-state index contributed by atoms with van der Waals surface area (Å²) in [6, 6.07) is -0.239. The van der Waals surface area contributed by atoms with E-state index in [1.54, 1.807) is 0 Å². The van der Waals surface area contributed by atoms with Crippen LogP contribution in [0.3, 0.4) is 0 Å². The van der Waals surface area contributed by atoms with Gasteiger partial charge in [-0.25, -0.2) is 4.79 Å². The van der Waals surface area contributed by atoms with Crippen LogP contribution in [0.2, 0.25) is 0 Å². The Hall–Kier alpha value is -0.990. The number of nitrogens with one attached hydrogen (secondary N) is 1. The molecule has 3 N–H and O–H groups in total. The second-order valence-electron chi connectivity index (χ2n) is 2.59. The fraction of sp³-hybridized carbons (Fsp3) is 0.571. The molecule has 3 heteroatoms. The van der Waals surface area contributed by atoms with Crippen molar-refractivity contribution in [2.75, 3.05) is 0 Å². The van der Waals surface area contributed by atoms with E-state index in [1.165, 1.54) is 5.57 Å². The molecule has 2 amide bonds. The summed E-state index contributed by atoms with van der Waals surface area (Å²) in [7, 11) is 0. The molecule has 0 aliphatic heterocycles. The molecule has 0 unspecified atom stereocenters. The molecule has 1 rings (SSSR count). The zero-order valence-corrected chi connectivity index (χ0v) is 6.05. The predicted molar refractivity (Wildman–Crippen MR) is 39.5 cm³/mol. The van der Waals surface area contributed by atoms with Crippen LogP contribution in [0, 0.1) is 0 Å². The van der Waals surface area contributed by atoms with Crippen molar-refractivity contribution in [2.45, 2.75) is 25.8 Å². The highest BCUT2D eigenvalue weighted by atomic mass is 16.2. The third-order valence-electron chi connectivity index (χ3n) is 1.79. The van der Waals surface area contributed by atoms with E-state index < -0.39 is 6.03 Å². The maximum absolute atomic E-state index is 10.4. The molecule has 0 aromatic carbocycles. The second-order valence-corrected chi connectivity index (χ2v) is 2.59. The molecule has 0 saturated heterocycles. The first-order chi connectivity index (χ1) is 4.70. The van der Waals surface area contributed by atoms with Gasteiger partial charge in [0.05, 0.1) is 6.04 Å². The Morgan fingerprint density at radius 1 is 1.90 bits per heavy atom. The van der Waals surface area contributed by atoms with Crippen LogP contribution in [0.1, 0.15) is 19.8 Å². The summed E-state index contributed by atoms with van der Waals surface area (Å²) >= 11 is 0. The molecule has 0 fully saturated rings. The van der Waals surface area contributed by atoms with E-state index in [-0.39, 0.29) is 6.04 Å². The Balaban J connectivity index is 2.43. The Morgan fingerprint density at radius 3 is 3.00 bits per heavy atom. The van der Waals surface area contributed by atoms with Gasteiger partial charge in [0.2, 0.25) is 0 Å². The van der Waals surface area contributed by atoms with Crippen molar-refractivity contribution in [1.29, 1.82) is 0 Å². The normalized spacial score (nSPS) is 24.1. The smallest absolute Gasteiger partial charge is 0.312 e. The van der Waals surface area contributed by atoms with Crippen LogP contribution in [0.15, 0.2) is 11.6 Å². The number of carbonyl (C=O) groups is 1. The van der Waals surface area contributed by atoms with Gasteiger partial charge in [0, 0.05) is 0 Å². The summed E-state index contributed by atoms with van der Waals surface area (Å²) < 4.78 is 0. The van der Waals surface area contributed by atoms with E-state index in [2.05, 4.69) is 11.4 Å². The number of hydrogen-bond donors (Lipinski definition) is 2. The Labute approximate surface area is 60.3 Å². The van der Waals surface area contributed by atoms with Crippen LogP contribution >= 0.6 is 0 Å². The lowest BCUT2D eigenvalue weighted by Gasteiger charge is -2.11. The minimum atomic E-state index is -0.431. The number of primary amides is 1. The Morgan fingerprint density at radius 2 is 2.60 bits per heavy atom. The molecule has 56 valence electrons. The van der Waals surface area contributed by atoms with Gasteiger partial charge in [0.25, 0.3) is 0 Å². The van der Waals surface area contributed by atoms with Crippen molar-refractivity contribution in [3.05, 3.63) is 11.6 Å². The molecule has 3 nitrogen and oxygen atoms in total. The molecule has 0 radical (unpaired) electrons. The van der Waals surface area contributed by atoms with Crippen LogP contribution in [-0.4, -0.2) is 12.1 Å². The fourth-order valence-corrected chi connectivity index (χ4v) is 1.21. The first kappa shape index (κ1) is 7.12. The van der Waals surface area contributed by atoms with Gasteiger partial charge in [-0.15, -0.1) is 0 Å². The summed E-state index contributed by atoms with van der Waals surface area (Å²) in [4.78, 5) is 10.4. The third-order valence-corrected chi connectivity index (χ3v) is 1.79. The highest BCUT2D eigenvalue weighted by Gasteiger charge is 2.15. The standard InChI is InChI=1S/C7H12N2O/c1-5-3-2-4-6(5)9-7(8)10/h3,6H,2,4H2,1H3,(H3,8,9,10)/t6-/m1/s1. The van der Waals surface area contributed by atoms with Gasteiger partial charge in [-0.05, 0) is 19.8 Å². The Kier molecular flexibility index (Phi) is 1.94. The van der Waals surface area contributed by atoms with Crippen LogP contribution in [-0.2, 0) is 0 Å². The number of urea groups is 1. The van der Waals surface area contributed by atoms with Crippen LogP contribution in [0.4, 0.5) is 4.79 Å². The van der Waals surface area contributed by atoms with Gasteiger partial charge in [-0.3, -0.25) is 0 Å². The molecule has 0 aromatic rings. The minimum absolute atomic E-state index is 0.192. The summed E-state index contributed by atoms with van der Waals surface area (Å²) in [5, 5.41) is 2.66. The number of amides is 2. The maximum Gasteiger partial charge on any atom is 0.312 e. The van der Waals surface area contributed by atoms with E-state index in [0.717, 1.165) is 12.8 Å². The average molecular weight is 140 g/mol. The highest BCUT2D eigenvalue weighted by Crippen LogP contribution is 2.17. The molecule has 0 spiro atoms. The average Bonchev–Trinajstić information content (AvgIpc) is 2.15. The zero-order chi connectivity index (χ0) is 7.56. The van der Waals surface area contributed by atoms with Gasteiger partial charge in [0.15, 0.2) is 0 Å². The lowest BCUT2D eigenvalue weighted by Crippen LogP contribution is -2.37. The van der Waals surface area contributed by atoms with Crippen molar-refractivity contribution < 1.29 is 4.79 Å². The van der Waals surface area contributed by atoms with Gasteiger partial charge in [-0.1, -0.05) is 11.6 Å². The largest absolute Gasteiger partial charge is 0.352 e. The third kappa shape index (κ3) is 1.50. The lowest BCUT2D eigenvalue weighted by atomic mass is 10.2. The molecule has 1 aliphatic rings. The summed E-state index contributed by atoms with van der Waals surface area (Å²) in [5.41, 5.74) is 6.18. The molecule has 0 aromatic heterocycles. The molecule has 0 heterocycles. The van der Waals surface area contributed by atoms with Crippen LogP contribution in [0.5, 0.6) is 0 Å². The van der Waals surface area contributed by atoms with Crippen molar-refractivity contribution in [2.24, 2.45) is 5.73 Å². The first-order valence-electron chi connectivity index (χ1n) is 3.43. The van der Waals surface area contributed by atoms with Gasteiger partial charge >= 0.3 is 6.03 Å². The number of nitrogens with two attached hydrogens (primary N) is 1. The molecule has 1 atom stereocenters. The van der Waals surface area contributed by atoms with Crippen LogP contribution in [0.25, 0.3) is 0 Å². The minimum Gasteiger partial charge on any atom is -0.352 e. The van der Waals surface area contributed by atoms with Crippen molar-refractivity contribution >= 4 is 6.03 Å². The topological polar surface area (TPSA) is 55.1 Å². The van der Waals surface area contributed by atoms with Crippen molar-refractivity contribution in [3.63, 3.8) is 0 Å². The molecule has 0 saturated carbocycles. The fourth-order valence-electron chi connectivity index (χ4n) is 1.21. The van der Waals surface area contributed by atoms with E-state index >= 15 is 0 Å². The van der Waals surface area contributed by atoms with Crippen molar-refractivity contribution in [3.8, 4) is 0 Å².